The maximum Gasteiger partial charge on any atom is 0.250 e. The molecule has 1 spiro atoms. The van der Waals surface area contributed by atoms with E-state index in [1.807, 2.05) is 11.9 Å². The number of carbonyl (C=O) groups excluding carboxylic acids is 2. The quantitative estimate of drug-likeness (QED) is 0.625. The fourth-order valence-electron chi connectivity index (χ4n) is 5.09. The molecule has 1 saturated heterocycles. The van der Waals surface area contributed by atoms with E-state index in [4.69, 9.17) is 11.6 Å². The van der Waals surface area contributed by atoms with Gasteiger partial charge in [0.15, 0.2) is 5.78 Å². The summed E-state index contributed by atoms with van der Waals surface area (Å²) in [6.07, 6.45) is 1.56. The van der Waals surface area contributed by atoms with Crippen LogP contribution in [0.3, 0.4) is 0 Å². The Bertz CT molecular complexity index is 1190. The average Bonchev–Trinajstić information content (AvgIpc) is 3.24. The first-order valence-corrected chi connectivity index (χ1v) is 10.3. The number of Topliss-reactive ketones (excluding diaryl/α,β-unsaturated/α-hetero) is 1. The normalized spacial score (nSPS) is 24.9. The summed E-state index contributed by atoms with van der Waals surface area (Å²) in [5.74, 6) is -1.96. The summed E-state index contributed by atoms with van der Waals surface area (Å²) < 4.78 is 13.6. The Kier molecular flexibility index (Phi) is 4.64. The number of likely N-dealkylation sites (N-methyl/N-ethyl adjacent to an activating group) is 1. The minimum Gasteiger partial charge on any atom is -0.324 e. The van der Waals surface area contributed by atoms with Crippen molar-refractivity contribution in [2.24, 2.45) is 5.92 Å². The van der Waals surface area contributed by atoms with Crippen molar-refractivity contribution in [3.63, 3.8) is 0 Å². The Labute approximate surface area is 183 Å². The molecule has 2 aromatic carbocycles. The van der Waals surface area contributed by atoms with E-state index >= 15 is 0 Å². The third-order valence-corrected chi connectivity index (χ3v) is 6.64. The molecular formula is C24H19ClFN3O2. The monoisotopic (exact) mass is 435 g/mol. The van der Waals surface area contributed by atoms with Crippen LogP contribution < -0.4 is 5.32 Å². The van der Waals surface area contributed by atoms with Crippen molar-refractivity contribution >= 4 is 29.0 Å². The number of ketones is 1. The van der Waals surface area contributed by atoms with Gasteiger partial charge in [-0.25, -0.2) is 4.39 Å². The highest BCUT2D eigenvalue weighted by Gasteiger charge is 2.64. The van der Waals surface area contributed by atoms with Gasteiger partial charge in [-0.05, 0) is 55.1 Å². The summed E-state index contributed by atoms with van der Waals surface area (Å²) in [4.78, 5) is 33.6. The van der Waals surface area contributed by atoms with Crippen molar-refractivity contribution in [3.8, 4) is 0 Å². The zero-order valence-electron chi connectivity index (χ0n) is 16.7. The smallest absolute Gasteiger partial charge is 0.250 e. The van der Waals surface area contributed by atoms with Gasteiger partial charge in [-0.2, -0.15) is 0 Å². The van der Waals surface area contributed by atoms with Gasteiger partial charge < -0.3 is 5.32 Å². The maximum absolute atomic E-state index is 13.9. The second kappa shape index (κ2) is 7.25. The molecule has 0 aliphatic carbocycles. The Balaban J connectivity index is 1.74. The van der Waals surface area contributed by atoms with Crippen LogP contribution in [0.5, 0.6) is 0 Å². The van der Waals surface area contributed by atoms with Crippen molar-refractivity contribution in [1.82, 2.24) is 9.88 Å². The van der Waals surface area contributed by atoms with Crippen LogP contribution in [0.2, 0.25) is 5.02 Å². The molecule has 1 N–H and O–H groups in total. The molecule has 1 unspecified atom stereocenters. The molecule has 0 radical (unpaired) electrons. The molecule has 1 aromatic heterocycles. The first kappa shape index (κ1) is 19.8. The summed E-state index contributed by atoms with van der Waals surface area (Å²) >= 11 is 6.30. The Morgan fingerprint density at radius 3 is 2.68 bits per heavy atom. The Morgan fingerprint density at radius 1 is 1.19 bits per heavy atom. The molecule has 156 valence electrons. The summed E-state index contributed by atoms with van der Waals surface area (Å²) in [5.41, 5.74) is 1.15. The summed E-state index contributed by atoms with van der Waals surface area (Å²) in [7, 11) is 1.83. The zero-order chi connectivity index (χ0) is 21.8. The molecule has 5 rings (SSSR count). The molecule has 1 amide bonds. The topological polar surface area (TPSA) is 62.3 Å². The number of anilines is 1. The van der Waals surface area contributed by atoms with Gasteiger partial charge in [0.1, 0.15) is 17.1 Å². The van der Waals surface area contributed by atoms with Crippen molar-refractivity contribution in [2.45, 2.75) is 11.5 Å². The predicted octanol–water partition coefficient (Wildman–Crippen LogP) is 4.25. The lowest BCUT2D eigenvalue weighted by Crippen LogP contribution is -2.51. The van der Waals surface area contributed by atoms with E-state index in [1.165, 1.54) is 12.1 Å². The Hall–Kier alpha value is -3.09. The number of likely N-dealkylation sites (tertiary alicyclic amines) is 1. The van der Waals surface area contributed by atoms with E-state index in [0.717, 1.165) is 5.56 Å². The van der Waals surface area contributed by atoms with E-state index in [2.05, 4.69) is 10.3 Å². The second-order valence-corrected chi connectivity index (χ2v) is 8.44. The highest BCUT2D eigenvalue weighted by atomic mass is 35.5. The Morgan fingerprint density at radius 2 is 1.97 bits per heavy atom. The van der Waals surface area contributed by atoms with E-state index in [1.54, 1.807) is 54.7 Å². The fourth-order valence-corrected chi connectivity index (χ4v) is 5.26. The van der Waals surface area contributed by atoms with Crippen LogP contribution in [0.4, 0.5) is 10.1 Å². The van der Waals surface area contributed by atoms with Crippen LogP contribution >= 0.6 is 11.6 Å². The van der Waals surface area contributed by atoms with Crippen LogP contribution in [0, 0.1) is 11.7 Å². The van der Waals surface area contributed by atoms with Gasteiger partial charge in [-0.15, -0.1) is 0 Å². The molecule has 3 atom stereocenters. The van der Waals surface area contributed by atoms with Crippen LogP contribution in [-0.4, -0.2) is 35.2 Å². The number of nitrogens with zero attached hydrogens (tertiary/aromatic N) is 2. The number of fused-ring (bicyclic) bond motifs is 2. The van der Waals surface area contributed by atoms with E-state index in [9.17, 15) is 14.0 Å². The molecule has 7 heteroatoms. The van der Waals surface area contributed by atoms with E-state index < -0.39 is 11.5 Å². The van der Waals surface area contributed by atoms with Crippen LogP contribution in [0.1, 0.15) is 27.5 Å². The van der Waals surface area contributed by atoms with Crippen LogP contribution in [0.25, 0.3) is 0 Å². The molecule has 3 aromatic rings. The van der Waals surface area contributed by atoms with Crippen molar-refractivity contribution in [3.05, 3.63) is 94.5 Å². The fraction of sp³-hybridized carbons (Fsp3) is 0.208. The second-order valence-electron chi connectivity index (χ2n) is 8.01. The molecule has 3 heterocycles. The lowest BCUT2D eigenvalue weighted by molar-refractivity contribution is -0.126. The SMILES string of the molecule is CN1C[C@H](c2ccc(F)cc2)C(C(=O)c2ccccn2)[C@]12C(=O)Nc1ccc(Cl)cc12. The lowest BCUT2D eigenvalue weighted by Gasteiger charge is -2.35. The minimum atomic E-state index is -1.24. The highest BCUT2D eigenvalue weighted by molar-refractivity contribution is 6.31. The van der Waals surface area contributed by atoms with Gasteiger partial charge in [0.05, 0.1) is 5.92 Å². The maximum atomic E-state index is 13.9. The van der Waals surface area contributed by atoms with Gasteiger partial charge in [0.25, 0.3) is 0 Å². The lowest BCUT2D eigenvalue weighted by atomic mass is 9.71. The molecule has 1 fully saturated rings. The van der Waals surface area contributed by atoms with Gasteiger partial charge in [-0.3, -0.25) is 19.5 Å². The first-order chi connectivity index (χ1) is 14.9. The molecule has 2 aliphatic heterocycles. The van der Waals surface area contributed by atoms with Crippen LogP contribution in [-0.2, 0) is 10.3 Å². The molecule has 31 heavy (non-hydrogen) atoms. The summed E-state index contributed by atoms with van der Waals surface area (Å²) in [5, 5.41) is 3.42. The molecular weight excluding hydrogens is 417 g/mol. The van der Waals surface area contributed by atoms with Gasteiger partial charge in [0.2, 0.25) is 5.91 Å². The predicted molar refractivity (Wildman–Crippen MR) is 116 cm³/mol. The average molecular weight is 436 g/mol. The first-order valence-electron chi connectivity index (χ1n) is 9.96. The third-order valence-electron chi connectivity index (χ3n) is 6.41. The minimum absolute atomic E-state index is 0.234. The number of hydrogen-bond donors (Lipinski definition) is 1. The van der Waals surface area contributed by atoms with Crippen molar-refractivity contribution < 1.29 is 14.0 Å². The zero-order valence-corrected chi connectivity index (χ0v) is 17.4. The van der Waals surface area contributed by atoms with Crippen molar-refractivity contribution in [2.75, 3.05) is 18.9 Å². The molecule has 5 nitrogen and oxygen atoms in total. The third kappa shape index (κ3) is 2.90. The number of carbonyl (C=O) groups is 2. The number of hydrogen-bond acceptors (Lipinski definition) is 4. The van der Waals surface area contributed by atoms with Gasteiger partial charge >= 0.3 is 0 Å². The van der Waals surface area contributed by atoms with E-state index in [0.29, 0.717) is 22.8 Å². The van der Waals surface area contributed by atoms with Gasteiger partial charge in [-0.1, -0.05) is 29.8 Å². The number of aromatic nitrogens is 1. The molecule has 2 aliphatic rings. The highest BCUT2D eigenvalue weighted by Crippen LogP contribution is 2.55. The largest absolute Gasteiger partial charge is 0.324 e. The number of benzene rings is 2. The standard InChI is InChI=1S/C24H19ClFN3O2/c1-29-13-17(14-5-8-16(26)9-6-14)21(22(30)20-4-2-3-11-27-20)24(29)18-12-15(25)7-10-19(18)28-23(24)31/h2-12,17,21H,13H2,1H3,(H,28,31)/t17-,21?,24-/m1/s1. The number of nitrogens with one attached hydrogen (secondary N) is 1. The number of pyridine rings is 1. The number of halogens is 2. The van der Waals surface area contributed by atoms with Crippen LogP contribution in [0.15, 0.2) is 66.9 Å². The molecule has 0 bridgehead atoms. The molecule has 0 saturated carbocycles. The summed E-state index contributed by atoms with van der Waals surface area (Å²) in [6.45, 7) is 0.439. The van der Waals surface area contributed by atoms with Crippen molar-refractivity contribution in [1.29, 1.82) is 0 Å². The number of rotatable bonds is 3. The van der Waals surface area contributed by atoms with Gasteiger partial charge in [0, 0.05) is 34.9 Å². The van der Waals surface area contributed by atoms with E-state index in [-0.39, 0.29) is 29.1 Å². The summed E-state index contributed by atoms with van der Waals surface area (Å²) in [6, 6.07) is 16.5. The number of amides is 1.